The molecule has 1 aromatic rings. The highest BCUT2D eigenvalue weighted by molar-refractivity contribution is 7.86. The zero-order valence-corrected chi connectivity index (χ0v) is 44.9. The zero-order valence-electron chi connectivity index (χ0n) is 44.1. The molecule has 0 aliphatic carbocycles. The molecule has 0 spiro atoms. The fourth-order valence-electron chi connectivity index (χ4n) is 8.75. The maximum Gasteiger partial charge on any atom is 0.311 e. The summed E-state index contributed by atoms with van der Waals surface area (Å²) in [6.07, 6.45) is 49.7. The van der Waals surface area contributed by atoms with Gasteiger partial charge in [-0.2, -0.15) is 8.42 Å². The first kappa shape index (κ1) is 62.0. The summed E-state index contributed by atoms with van der Waals surface area (Å²) >= 11 is 0. The fourth-order valence-corrected chi connectivity index (χ4v) is 9.35. The van der Waals surface area contributed by atoms with Gasteiger partial charge in [0.25, 0.3) is 10.1 Å². The lowest BCUT2D eigenvalue weighted by molar-refractivity contribution is -0.137. The van der Waals surface area contributed by atoms with E-state index in [1.807, 2.05) is 20.8 Å². The third kappa shape index (κ3) is 40.0. The quantitative estimate of drug-likeness (QED) is 0.0298. The van der Waals surface area contributed by atoms with Crippen molar-refractivity contribution in [2.45, 2.75) is 303 Å². The highest BCUT2D eigenvalue weighted by Gasteiger charge is 2.24. The molecule has 386 valence electrons. The van der Waals surface area contributed by atoms with Crippen LogP contribution in [0.25, 0.3) is 0 Å². The zero-order chi connectivity index (χ0) is 48.4. The Morgan fingerprint density at radius 2 is 0.758 bits per heavy atom. The lowest BCUT2D eigenvalue weighted by atomic mass is 10.0. The molecule has 1 N–H and O–H groups in total. The van der Waals surface area contributed by atoms with Crippen molar-refractivity contribution in [3.05, 3.63) is 23.8 Å². The second-order valence-electron chi connectivity index (χ2n) is 20.8. The largest absolute Gasteiger partial charge is 0.423 e. The van der Waals surface area contributed by atoms with Crippen LogP contribution in [-0.4, -0.2) is 38.7 Å². The van der Waals surface area contributed by atoms with Gasteiger partial charge in [0.15, 0.2) is 11.5 Å². The molecule has 0 saturated carbocycles. The van der Waals surface area contributed by atoms with Gasteiger partial charge in [0, 0.05) is 24.9 Å². The van der Waals surface area contributed by atoms with E-state index in [2.05, 4.69) is 19.2 Å². The van der Waals surface area contributed by atoms with Gasteiger partial charge < -0.3 is 14.8 Å². The van der Waals surface area contributed by atoms with Crippen LogP contribution in [0.4, 0.5) is 0 Å². The van der Waals surface area contributed by atoms with E-state index in [9.17, 15) is 18.0 Å². The topological polar surface area (TPSA) is 108 Å². The monoisotopic (exact) mass is 948 g/mol. The van der Waals surface area contributed by atoms with Gasteiger partial charge >= 0.3 is 11.9 Å². The van der Waals surface area contributed by atoms with Crippen LogP contribution >= 0.6 is 0 Å². The molecule has 1 atom stereocenters. The lowest BCUT2D eigenvalue weighted by Crippen LogP contribution is -2.39. The summed E-state index contributed by atoms with van der Waals surface area (Å²) < 4.78 is 41.7. The Morgan fingerprint density at radius 3 is 1.05 bits per heavy atom. The number of benzene rings is 1. The van der Waals surface area contributed by atoms with Crippen molar-refractivity contribution in [3.8, 4) is 11.5 Å². The first-order chi connectivity index (χ1) is 31.8. The highest BCUT2D eigenvalue weighted by Crippen LogP contribution is 2.33. The molecule has 1 rings (SSSR count). The van der Waals surface area contributed by atoms with Crippen LogP contribution in [0.2, 0.25) is 0 Å². The minimum absolute atomic E-state index is 0.106. The molecule has 0 heterocycles. The van der Waals surface area contributed by atoms with E-state index >= 15 is 0 Å². The van der Waals surface area contributed by atoms with Crippen molar-refractivity contribution >= 4 is 22.1 Å². The van der Waals surface area contributed by atoms with E-state index in [0.717, 1.165) is 44.8 Å². The highest BCUT2D eigenvalue weighted by atomic mass is 32.2. The van der Waals surface area contributed by atoms with Crippen LogP contribution in [-0.2, 0) is 23.9 Å². The SMILES string of the molecule is CCCCCCCCCCCCCCCCCCCCCC(=O)Oc1ccc(C(CNC(C)(C)C)OS(C)(=O)=O)cc1OC(=O)CCCCCCCCCCCCCCCCCCCCC. The van der Waals surface area contributed by atoms with Gasteiger partial charge in [-0.15, -0.1) is 0 Å². The molecular formula is C57H105NO7S. The summed E-state index contributed by atoms with van der Waals surface area (Å²) in [4.78, 5) is 26.2. The number of carbonyl (C=O) groups is 2. The third-order valence-corrected chi connectivity index (χ3v) is 13.4. The Bertz CT molecular complexity index is 1410. The van der Waals surface area contributed by atoms with E-state index < -0.39 is 22.2 Å². The number of ether oxygens (including phenoxy) is 2. The molecular weight excluding hydrogens is 843 g/mol. The third-order valence-electron chi connectivity index (χ3n) is 12.9. The molecule has 1 aromatic carbocycles. The minimum atomic E-state index is -3.81. The second kappa shape index (κ2) is 42.0. The van der Waals surface area contributed by atoms with E-state index in [4.69, 9.17) is 13.7 Å². The molecule has 66 heavy (non-hydrogen) atoms. The molecule has 8 nitrogen and oxygen atoms in total. The predicted molar refractivity (Wildman–Crippen MR) is 280 cm³/mol. The first-order valence-corrected chi connectivity index (χ1v) is 29.8. The summed E-state index contributed by atoms with van der Waals surface area (Å²) in [5.41, 5.74) is 0.212. The number of hydrogen-bond donors (Lipinski definition) is 1. The smallest absolute Gasteiger partial charge is 0.311 e. The van der Waals surface area contributed by atoms with Gasteiger partial charge in [-0.25, -0.2) is 0 Å². The van der Waals surface area contributed by atoms with Gasteiger partial charge in [0.2, 0.25) is 0 Å². The van der Waals surface area contributed by atoms with E-state index in [0.29, 0.717) is 5.56 Å². The summed E-state index contributed by atoms with van der Waals surface area (Å²) in [6, 6.07) is 4.84. The molecule has 0 aromatic heterocycles. The number of esters is 2. The molecule has 9 heteroatoms. The average Bonchev–Trinajstić information content (AvgIpc) is 3.26. The van der Waals surface area contributed by atoms with Gasteiger partial charge in [0.05, 0.1) is 6.26 Å². The maximum atomic E-state index is 13.2. The number of hydrogen-bond acceptors (Lipinski definition) is 8. The summed E-state index contributed by atoms with van der Waals surface area (Å²) in [5, 5.41) is 3.31. The Balaban J connectivity index is 2.45. The molecule has 1 unspecified atom stereocenters. The average molecular weight is 949 g/mol. The van der Waals surface area contributed by atoms with Gasteiger partial charge in [-0.05, 0) is 51.3 Å². The van der Waals surface area contributed by atoms with Gasteiger partial charge in [0.1, 0.15) is 6.10 Å². The molecule has 0 radical (unpaired) electrons. The number of carbonyl (C=O) groups excluding carboxylic acids is 2. The standard InChI is InChI=1S/C57H105NO7S/c1-7-9-11-13-15-17-19-21-23-25-27-29-31-33-35-37-39-41-43-45-55(59)63-52-48-47-51(54(65-66(6,61)62)50-58-57(3,4)5)49-53(52)64-56(60)46-44-42-40-38-36-34-32-30-28-26-24-22-20-18-16-14-12-10-8-2/h47-49,54,58H,7-46,50H2,1-6H3. The van der Waals surface area contributed by atoms with Crippen LogP contribution in [0.1, 0.15) is 303 Å². The normalized spacial score (nSPS) is 12.5. The number of nitrogens with one attached hydrogen (secondary N) is 1. The van der Waals surface area contributed by atoms with Crippen LogP contribution < -0.4 is 14.8 Å². The maximum absolute atomic E-state index is 13.2. The minimum Gasteiger partial charge on any atom is -0.423 e. The first-order valence-electron chi connectivity index (χ1n) is 28.0. The van der Waals surface area contributed by atoms with Gasteiger partial charge in [-0.1, -0.05) is 251 Å². The van der Waals surface area contributed by atoms with Crippen LogP contribution in [0.5, 0.6) is 11.5 Å². The van der Waals surface area contributed by atoms with Crippen LogP contribution in [0.3, 0.4) is 0 Å². The van der Waals surface area contributed by atoms with E-state index in [1.165, 1.54) is 205 Å². The summed E-state index contributed by atoms with van der Waals surface area (Å²) in [5.74, 6) is -0.507. The van der Waals surface area contributed by atoms with Crippen molar-refractivity contribution in [2.75, 3.05) is 12.8 Å². The van der Waals surface area contributed by atoms with Crippen molar-refractivity contribution in [2.24, 2.45) is 0 Å². The Kier molecular flexibility index (Phi) is 39.4. The van der Waals surface area contributed by atoms with Crippen molar-refractivity contribution in [3.63, 3.8) is 0 Å². The van der Waals surface area contributed by atoms with E-state index in [1.54, 1.807) is 18.2 Å². The van der Waals surface area contributed by atoms with Crippen LogP contribution in [0, 0.1) is 0 Å². The van der Waals surface area contributed by atoms with Crippen molar-refractivity contribution in [1.29, 1.82) is 0 Å². The predicted octanol–water partition coefficient (Wildman–Crippen LogP) is 17.5. The molecule has 0 saturated heterocycles. The lowest BCUT2D eigenvalue weighted by Gasteiger charge is -2.25. The Labute approximate surface area is 408 Å². The van der Waals surface area contributed by atoms with Crippen LogP contribution in [0.15, 0.2) is 18.2 Å². The number of unbranched alkanes of at least 4 members (excludes halogenated alkanes) is 36. The summed E-state index contributed by atoms with van der Waals surface area (Å²) in [7, 11) is -3.81. The fraction of sp³-hybridized carbons (Fsp3) is 0.860. The van der Waals surface area contributed by atoms with Gasteiger partial charge in [-0.3, -0.25) is 13.8 Å². The molecule has 0 bridgehead atoms. The Morgan fingerprint density at radius 1 is 0.470 bits per heavy atom. The Hall–Kier alpha value is -1.97. The van der Waals surface area contributed by atoms with Crippen molar-refractivity contribution < 1.29 is 31.7 Å². The summed E-state index contributed by atoms with van der Waals surface area (Å²) in [6.45, 7) is 10.7. The molecule has 0 amide bonds. The number of rotatable bonds is 47. The second-order valence-corrected chi connectivity index (χ2v) is 22.4. The molecule has 0 fully saturated rings. The molecule has 0 aliphatic heterocycles. The van der Waals surface area contributed by atoms with Crippen molar-refractivity contribution in [1.82, 2.24) is 5.32 Å². The molecule has 0 aliphatic rings. The van der Waals surface area contributed by atoms with E-state index in [-0.39, 0.29) is 42.4 Å².